The molecule has 0 saturated carbocycles. The highest BCUT2D eigenvalue weighted by Crippen LogP contribution is 2.20. The summed E-state index contributed by atoms with van der Waals surface area (Å²) in [4.78, 5) is 24.4. The summed E-state index contributed by atoms with van der Waals surface area (Å²) in [5.74, 6) is 0.957. The molecule has 2 aromatic rings. The van der Waals surface area contributed by atoms with Crippen molar-refractivity contribution >= 4 is 35.0 Å². The first-order chi connectivity index (χ1) is 8.60. The molecule has 2 aromatic heterocycles. The zero-order valence-electron chi connectivity index (χ0n) is 9.90. The third-order valence-corrected chi connectivity index (χ3v) is 3.41. The zero-order chi connectivity index (χ0) is 13.1. The molecule has 94 valence electrons. The number of nitrogens with one attached hydrogen (secondary N) is 1. The van der Waals surface area contributed by atoms with E-state index >= 15 is 0 Å². The van der Waals surface area contributed by atoms with Gasteiger partial charge in [0.05, 0.1) is 12.1 Å². The summed E-state index contributed by atoms with van der Waals surface area (Å²) in [6.45, 7) is 4.22. The van der Waals surface area contributed by atoms with Crippen LogP contribution in [0.15, 0.2) is 6.20 Å². The molecule has 2 heterocycles. The first-order valence-electron chi connectivity index (χ1n) is 5.24. The molecule has 7 heteroatoms. The number of rotatable bonds is 4. The van der Waals surface area contributed by atoms with Crippen LogP contribution in [0.1, 0.15) is 26.1 Å². The fraction of sp³-hybridized carbons (Fsp3) is 0.273. The van der Waals surface area contributed by atoms with Gasteiger partial charge in [-0.05, 0) is 13.8 Å². The first kappa shape index (κ1) is 12.9. The van der Waals surface area contributed by atoms with Crippen molar-refractivity contribution in [2.24, 2.45) is 0 Å². The second-order valence-electron chi connectivity index (χ2n) is 3.66. The molecule has 0 aliphatic carbocycles. The van der Waals surface area contributed by atoms with E-state index in [-0.39, 0.29) is 10.7 Å². The van der Waals surface area contributed by atoms with Gasteiger partial charge < -0.3 is 5.32 Å². The van der Waals surface area contributed by atoms with Gasteiger partial charge in [-0.1, -0.05) is 11.6 Å². The number of hydrogen-bond donors (Lipinski definition) is 1. The molecule has 0 aromatic carbocycles. The molecule has 0 aliphatic heterocycles. The quantitative estimate of drug-likeness (QED) is 0.690. The number of nitrogens with zero attached hydrogens (tertiary/aromatic N) is 3. The van der Waals surface area contributed by atoms with Crippen LogP contribution in [0.3, 0.4) is 0 Å². The van der Waals surface area contributed by atoms with Gasteiger partial charge in [0, 0.05) is 11.1 Å². The van der Waals surface area contributed by atoms with Gasteiger partial charge >= 0.3 is 0 Å². The molecule has 0 spiro atoms. The summed E-state index contributed by atoms with van der Waals surface area (Å²) in [6.07, 6.45) is 2.46. The number of thiazole rings is 1. The summed E-state index contributed by atoms with van der Waals surface area (Å²) in [7, 11) is 0. The van der Waals surface area contributed by atoms with Gasteiger partial charge in [-0.25, -0.2) is 15.0 Å². The molecule has 0 saturated heterocycles. The largest absolute Gasteiger partial charge is 0.363 e. The van der Waals surface area contributed by atoms with Crippen molar-refractivity contribution in [1.82, 2.24) is 15.0 Å². The number of aryl methyl sites for hydroxylation is 2. The molecule has 0 radical (unpaired) electrons. The average molecular weight is 283 g/mol. The van der Waals surface area contributed by atoms with Gasteiger partial charge in [-0.2, -0.15) is 0 Å². The monoisotopic (exact) mass is 282 g/mol. The Morgan fingerprint density at radius 2 is 2.22 bits per heavy atom. The lowest BCUT2D eigenvalue weighted by atomic mass is 10.3. The molecule has 1 N–H and O–H groups in total. The van der Waals surface area contributed by atoms with Crippen molar-refractivity contribution in [3.05, 3.63) is 32.6 Å². The summed E-state index contributed by atoms with van der Waals surface area (Å²) in [6, 6.07) is 0. The van der Waals surface area contributed by atoms with Crippen molar-refractivity contribution in [3.63, 3.8) is 0 Å². The predicted octanol–water partition coefficient (Wildman–Crippen LogP) is 2.63. The maximum absolute atomic E-state index is 11.0. The van der Waals surface area contributed by atoms with Crippen molar-refractivity contribution in [3.8, 4) is 0 Å². The van der Waals surface area contributed by atoms with E-state index in [1.807, 2.05) is 6.92 Å². The summed E-state index contributed by atoms with van der Waals surface area (Å²) in [5, 5.41) is 4.15. The summed E-state index contributed by atoms with van der Waals surface area (Å²) < 4.78 is 0. The van der Waals surface area contributed by atoms with E-state index in [0.29, 0.717) is 24.5 Å². The number of aldehydes is 1. The van der Waals surface area contributed by atoms with Crippen LogP contribution >= 0.6 is 22.9 Å². The van der Waals surface area contributed by atoms with Crippen molar-refractivity contribution in [2.75, 3.05) is 5.32 Å². The minimum Gasteiger partial charge on any atom is -0.363 e. The minimum absolute atomic E-state index is 0.162. The normalized spacial score (nSPS) is 10.4. The van der Waals surface area contributed by atoms with E-state index in [9.17, 15) is 4.79 Å². The topological polar surface area (TPSA) is 67.8 Å². The molecule has 0 bridgehead atoms. The Bertz CT molecular complexity index is 584. The van der Waals surface area contributed by atoms with E-state index in [1.54, 1.807) is 24.5 Å². The highest BCUT2D eigenvalue weighted by atomic mass is 35.5. The molecular weight excluding hydrogens is 272 g/mol. The Morgan fingerprint density at radius 3 is 2.83 bits per heavy atom. The van der Waals surface area contributed by atoms with E-state index in [4.69, 9.17) is 11.6 Å². The van der Waals surface area contributed by atoms with Crippen molar-refractivity contribution < 1.29 is 4.79 Å². The highest BCUT2D eigenvalue weighted by molar-refractivity contribution is 7.11. The smallest absolute Gasteiger partial charge is 0.156 e. The van der Waals surface area contributed by atoms with Gasteiger partial charge in [-0.3, -0.25) is 4.79 Å². The molecule has 0 fully saturated rings. The molecular formula is C11H11ClN4OS. The van der Waals surface area contributed by atoms with Crippen LogP contribution in [0.25, 0.3) is 0 Å². The lowest BCUT2D eigenvalue weighted by molar-refractivity contribution is 0.112. The van der Waals surface area contributed by atoms with Crippen LogP contribution in [0, 0.1) is 13.8 Å². The van der Waals surface area contributed by atoms with Crippen LogP contribution in [0.4, 0.5) is 5.82 Å². The van der Waals surface area contributed by atoms with Gasteiger partial charge in [0.25, 0.3) is 0 Å². The predicted molar refractivity (Wildman–Crippen MR) is 71.3 cm³/mol. The van der Waals surface area contributed by atoms with Crippen LogP contribution in [0.5, 0.6) is 0 Å². The number of carbonyl (C=O) groups is 1. The third-order valence-electron chi connectivity index (χ3n) is 2.20. The summed E-state index contributed by atoms with van der Waals surface area (Å²) in [5.41, 5.74) is 0.274. The second-order valence-corrected chi connectivity index (χ2v) is 5.34. The van der Waals surface area contributed by atoms with Gasteiger partial charge in [0.1, 0.15) is 21.8 Å². The van der Waals surface area contributed by atoms with E-state index in [0.717, 1.165) is 9.88 Å². The Kier molecular flexibility index (Phi) is 3.88. The maximum atomic E-state index is 11.0. The molecule has 2 rings (SSSR count). The van der Waals surface area contributed by atoms with Crippen LogP contribution in [-0.2, 0) is 6.54 Å². The fourth-order valence-corrected chi connectivity index (χ4v) is 2.41. The van der Waals surface area contributed by atoms with Crippen molar-refractivity contribution in [1.29, 1.82) is 0 Å². The molecule has 0 amide bonds. The second kappa shape index (κ2) is 5.41. The van der Waals surface area contributed by atoms with Gasteiger partial charge in [0.2, 0.25) is 0 Å². The first-order valence-corrected chi connectivity index (χ1v) is 6.44. The Balaban J connectivity index is 2.20. The zero-order valence-corrected chi connectivity index (χ0v) is 11.5. The number of hydrogen-bond acceptors (Lipinski definition) is 6. The average Bonchev–Trinajstić information content (AvgIpc) is 2.72. The third kappa shape index (κ3) is 2.83. The molecule has 5 nitrogen and oxygen atoms in total. The minimum atomic E-state index is 0.162. The van der Waals surface area contributed by atoms with Crippen LogP contribution in [-0.4, -0.2) is 21.2 Å². The van der Waals surface area contributed by atoms with E-state index in [1.165, 1.54) is 0 Å². The van der Waals surface area contributed by atoms with Crippen LogP contribution in [0.2, 0.25) is 5.15 Å². The van der Waals surface area contributed by atoms with Gasteiger partial charge in [0.15, 0.2) is 6.29 Å². The number of anilines is 1. The summed E-state index contributed by atoms with van der Waals surface area (Å²) >= 11 is 7.48. The Hall–Kier alpha value is -1.53. The molecule has 0 aliphatic rings. The Labute approximate surface area is 113 Å². The molecule has 0 atom stereocenters. The van der Waals surface area contributed by atoms with Gasteiger partial charge in [-0.15, -0.1) is 11.3 Å². The lowest BCUT2D eigenvalue weighted by Gasteiger charge is -2.07. The number of halogens is 1. The highest BCUT2D eigenvalue weighted by Gasteiger charge is 2.11. The standard InChI is InChI=1S/C11H11ClN4OS/c1-6-3-13-9(18-6)4-14-11-8(5-17)10(12)15-7(2)16-11/h3,5H,4H2,1-2H3,(H,14,15,16). The van der Waals surface area contributed by atoms with Crippen LogP contribution < -0.4 is 5.32 Å². The SMILES string of the molecule is Cc1nc(Cl)c(C=O)c(NCc2ncc(C)s2)n1. The molecule has 18 heavy (non-hydrogen) atoms. The van der Waals surface area contributed by atoms with Crippen molar-refractivity contribution in [2.45, 2.75) is 20.4 Å². The molecule has 0 unspecified atom stereocenters. The Morgan fingerprint density at radius 1 is 1.44 bits per heavy atom. The van der Waals surface area contributed by atoms with E-state index < -0.39 is 0 Å². The lowest BCUT2D eigenvalue weighted by Crippen LogP contribution is -2.07. The number of carbonyl (C=O) groups excluding carboxylic acids is 1. The van der Waals surface area contributed by atoms with E-state index in [2.05, 4.69) is 20.3 Å². The number of aromatic nitrogens is 3. The fourth-order valence-electron chi connectivity index (χ4n) is 1.43. The maximum Gasteiger partial charge on any atom is 0.156 e.